The van der Waals surface area contributed by atoms with Crippen molar-refractivity contribution in [2.45, 2.75) is 39.3 Å². The van der Waals surface area contributed by atoms with Gasteiger partial charge in [0.2, 0.25) is 0 Å². The number of rotatable bonds is 4. The lowest BCUT2D eigenvalue weighted by Crippen LogP contribution is -2.53. The molecule has 2 nitrogen and oxygen atoms in total. The largest absolute Gasteiger partial charge is 0.380 e. The fraction of sp³-hybridized carbons (Fsp3) is 1.00. The molecule has 0 aliphatic carbocycles. The lowest BCUT2D eigenvalue weighted by Gasteiger charge is -2.43. The highest BCUT2D eigenvalue weighted by Crippen LogP contribution is 2.20. The molecular weight excluding hydrogens is 138 g/mol. The Hall–Kier alpha value is -0.0800. The monoisotopic (exact) mass is 157 g/mol. The van der Waals surface area contributed by atoms with Crippen LogP contribution >= 0.6 is 0 Å². The summed E-state index contributed by atoms with van der Waals surface area (Å²) in [4.78, 5) is 2.50. The molecule has 0 spiro atoms. The maximum Gasteiger partial charge on any atom is 0.0622 e. The van der Waals surface area contributed by atoms with E-state index in [1.807, 2.05) is 0 Å². The summed E-state index contributed by atoms with van der Waals surface area (Å²) in [6.45, 7) is 9.58. The van der Waals surface area contributed by atoms with E-state index in [1.165, 1.54) is 13.0 Å². The van der Waals surface area contributed by atoms with Crippen LogP contribution in [0.15, 0.2) is 0 Å². The smallest absolute Gasteiger partial charge is 0.0622 e. The zero-order valence-electron chi connectivity index (χ0n) is 7.84. The summed E-state index contributed by atoms with van der Waals surface area (Å²) < 4.78 is 5.38. The average molecular weight is 157 g/mol. The van der Waals surface area contributed by atoms with Crippen molar-refractivity contribution in [3.63, 3.8) is 0 Å². The fourth-order valence-electron chi connectivity index (χ4n) is 1.57. The Morgan fingerprint density at radius 2 is 2.27 bits per heavy atom. The molecule has 11 heavy (non-hydrogen) atoms. The number of likely N-dealkylation sites (tertiary alicyclic amines) is 1. The van der Waals surface area contributed by atoms with Crippen molar-refractivity contribution in [3.05, 3.63) is 0 Å². The Labute approximate surface area is 69.5 Å². The van der Waals surface area contributed by atoms with Crippen LogP contribution in [0.4, 0.5) is 0 Å². The van der Waals surface area contributed by atoms with Gasteiger partial charge < -0.3 is 4.74 Å². The van der Waals surface area contributed by atoms with Crippen LogP contribution in [-0.2, 0) is 4.74 Å². The molecule has 0 aromatic carbocycles. The normalized spacial score (nSPS) is 25.6. The molecule has 66 valence electrons. The minimum absolute atomic E-state index is 0.689. The van der Waals surface area contributed by atoms with E-state index in [2.05, 4.69) is 25.7 Å². The van der Waals surface area contributed by atoms with Gasteiger partial charge in [-0.1, -0.05) is 0 Å². The highest BCUT2D eigenvalue weighted by atomic mass is 16.5. The minimum atomic E-state index is 0.689. The average Bonchev–Trinajstić information content (AvgIpc) is 1.84. The van der Waals surface area contributed by atoms with Gasteiger partial charge in [0.1, 0.15) is 0 Å². The SMILES string of the molecule is CCOCC1CCN1C(C)C. The molecule has 0 bridgehead atoms. The fourth-order valence-corrected chi connectivity index (χ4v) is 1.57. The van der Waals surface area contributed by atoms with E-state index in [4.69, 9.17) is 4.74 Å². The van der Waals surface area contributed by atoms with Crippen molar-refractivity contribution < 1.29 is 4.74 Å². The van der Waals surface area contributed by atoms with Crippen molar-refractivity contribution in [1.29, 1.82) is 0 Å². The molecule has 1 aliphatic rings. The van der Waals surface area contributed by atoms with Gasteiger partial charge in [0, 0.05) is 25.2 Å². The van der Waals surface area contributed by atoms with Crippen LogP contribution in [0.25, 0.3) is 0 Å². The van der Waals surface area contributed by atoms with Crippen molar-refractivity contribution >= 4 is 0 Å². The number of hydrogen-bond donors (Lipinski definition) is 0. The molecule has 0 aromatic rings. The van der Waals surface area contributed by atoms with E-state index in [0.29, 0.717) is 12.1 Å². The molecule has 0 N–H and O–H groups in total. The first-order valence-corrected chi connectivity index (χ1v) is 4.59. The van der Waals surface area contributed by atoms with Crippen LogP contribution < -0.4 is 0 Å². The van der Waals surface area contributed by atoms with Crippen LogP contribution in [0, 0.1) is 0 Å². The summed E-state index contributed by atoms with van der Waals surface area (Å²) >= 11 is 0. The minimum Gasteiger partial charge on any atom is -0.380 e. The van der Waals surface area contributed by atoms with E-state index in [0.717, 1.165) is 13.2 Å². The number of ether oxygens (including phenoxy) is 1. The maximum atomic E-state index is 5.38. The Morgan fingerprint density at radius 3 is 2.64 bits per heavy atom. The summed E-state index contributed by atoms with van der Waals surface area (Å²) in [6, 6.07) is 1.39. The Balaban J connectivity index is 2.15. The van der Waals surface area contributed by atoms with Crippen molar-refractivity contribution in [3.8, 4) is 0 Å². The molecule has 1 rings (SSSR count). The second-order valence-corrected chi connectivity index (χ2v) is 3.43. The number of hydrogen-bond acceptors (Lipinski definition) is 2. The molecule has 1 aliphatic heterocycles. The highest BCUT2D eigenvalue weighted by Gasteiger charge is 2.29. The summed E-state index contributed by atoms with van der Waals surface area (Å²) in [6.07, 6.45) is 1.32. The lowest BCUT2D eigenvalue weighted by atomic mass is 10.0. The molecule has 2 heteroatoms. The van der Waals surface area contributed by atoms with Gasteiger partial charge in [0.25, 0.3) is 0 Å². The first-order chi connectivity index (χ1) is 5.25. The highest BCUT2D eigenvalue weighted by molar-refractivity contribution is 4.84. The second-order valence-electron chi connectivity index (χ2n) is 3.43. The molecule has 1 saturated heterocycles. The predicted octanol–water partition coefficient (Wildman–Crippen LogP) is 1.51. The first kappa shape index (κ1) is 9.01. The van der Waals surface area contributed by atoms with Crippen LogP contribution in [-0.4, -0.2) is 36.7 Å². The predicted molar refractivity (Wildman–Crippen MR) is 46.7 cm³/mol. The molecule has 1 fully saturated rings. The quantitative estimate of drug-likeness (QED) is 0.613. The van der Waals surface area contributed by atoms with E-state index < -0.39 is 0 Å². The molecule has 1 atom stereocenters. The van der Waals surface area contributed by atoms with Crippen LogP contribution in [0.1, 0.15) is 27.2 Å². The maximum absolute atomic E-state index is 5.38. The van der Waals surface area contributed by atoms with E-state index >= 15 is 0 Å². The van der Waals surface area contributed by atoms with Crippen LogP contribution in [0.5, 0.6) is 0 Å². The third-order valence-corrected chi connectivity index (χ3v) is 2.37. The topological polar surface area (TPSA) is 12.5 Å². The van der Waals surface area contributed by atoms with E-state index in [1.54, 1.807) is 0 Å². The third kappa shape index (κ3) is 2.17. The van der Waals surface area contributed by atoms with Crippen molar-refractivity contribution in [2.24, 2.45) is 0 Å². The molecule has 0 radical (unpaired) electrons. The van der Waals surface area contributed by atoms with Gasteiger partial charge in [-0.15, -0.1) is 0 Å². The first-order valence-electron chi connectivity index (χ1n) is 4.59. The number of nitrogens with zero attached hydrogens (tertiary/aromatic N) is 1. The van der Waals surface area contributed by atoms with Gasteiger partial charge in [0.15, 0.2) is 0 Å². The second kappa shape index (κ2) is 4.07. The van der Waals surface area contributed by atoms with Crippen molar-refractivity contribution in [1.82, 2.24) is 4.90 Å². The van der Waals surface area contributed by atoms with Gasteiger partial charge in [-0.2, -0.15) is 0 Å². The van der Waals surface area contributed by atoms with Gasteiger partial charge in [0.05, 0.1) is 6.61 Å². The molecule has 1 heterocycles. The van der Waals surface area contributed by atoms with Crippen LogP contribution in [0.3, 0.4) is 0 Å². The molecule has 0 saturated carbocycles. The Kier molecular flexibility index (Phi) is 3.34. The summed E-state index contributed by atoms with van der Waals surface area (Å²) in [5.74, 6) is 0. The van der Waals surface area contributed by atoms with E-state index in [-0.39, 0.29) is 0 Å². The summed E-state index contributed by atoms with van der Waals surface area (Å²) in [5.41, 5.74) is 0. The van der Waals surface area contributed by atoms with E-state index in [9.17, 15) is 0 Å². The van der Waals surface area contributed by atoms with Gasteiger partial charge >= 0.3 is 0 Å². The lowest BCUT2D eigenvalue weighted by molar-refractivity contribution is -0.00954. The Morgan fingerprint density at radius 1 is 1.55 bits per heavy atom. The Bertz CT molecular complexity index is 114. The zero-order valence-corrected chi connectivity index (χ0v) is 7.84. The summed E-state index contributed by atoms with van der Waals surface area (Å²) in [7, 11) is 0. The van der Waals surface area contributed by atoms with Gasteiger partial charge in [-0.05, 0) is 27.2 Å². The summed E-state index contributed by atoms with van der Waals surface area (Å²) in [5, 5.41) is 0. The van der Waals surface area contributed by atoms with Gasteiger partial charge in [-0.3, -0.25) is 4.90 Å². The standard InChI is InChI=1S/C9H19NO/c1-4-11-7-9-5-6-10(9)8(2)3/h8-9H,4-7H2,1-3H3. The molecular formula is C9H19NO. The molecule has 0 aromatic heterocycles. The molecule has 0 amide bonds. The van der Waals surface area contributed by atoms with Gasteiger partial charge in [-0.25, -0.2) is 0 Å². The molecule has 1 unspecified atom stereocenters. The zero-order chi connectivity index (χ0) is 8.27. The van der Waals surface area contributed by atoms with Crippen LogP contribution in [0.2, 0.25) is 0 Å². The third-order valence-electron chi connectivity index (χ3n) is 2.37. The van der Waals surface area contributed by atoms with Crippen molar-refractivity contribution in [2.75, 3.05) is 19.8 Å².